The van der Waals surface area contributed by atoms with Crippen molar-refractivity contribution in [1.29, 1.82) is 0 Å². The minimum atomic E-state index is -0.665. The van der Waals surface area contributed by atoms with Crippen molar-refractivity contribution in [1.82, 2.24) is 5.32 Å². The van der Waals surface area contributed by atoms with Crippen molar-refractivity contribution in [2.24, 2.45) is 0 Å². The fourth-order valence-electron chi connectivity index (χ4n) is 13.8. The number of carbonyl (C=O) groups excluding carboxylic acids is 2. The zero-order valence-corrected chi connectivity index (χ0v) is 64.0. The minimum Gasteiger partial charge on any atom is -0.466 e. The highest BCUT2D eigenvalue weighted by Gasteiger charge is 2.20. The van der Waals surface area contributed by atoms with Gasteiger partial charge < -0.3 is 20.3 Å². The molecule has 0 fully saturated rings. The van der Waals surface area contributed by atoms with Crippen molar-refractivity contribution >= 4 is 11.9 Å². The molecule has 0 aromatic rings. The van der Waals surface area contributed by atoms with Gasteiger partial charge in [-0.3, -0.25) is 9.59 Å². The van der Waals surface area contributed by atoms with Crippen LogP contribution in [0.15, 0.2) is 36.5 Å². The Bertz CT molecular complexity index is 1520. The molecular formula is C88H169NO5. The van der Waals surface area contributed by atoms with Crippen LogP contribution in [0.1, 0.15) is 489 Å². The minimum absolute atomic E-state index is 0.0149. The van der Waals surface area contributed by atoms with Crippen LogP contribution in [0, 0.1) is 0 Å². The molecule has 0 rings (SSSR count). The molecule has 2 unspecified atom stereocenters. The predicted molar refractivity (Wildman–Crippen MR) is 416 cm³/mol. The Morgan fingerprint density at radius 3 is 0.819 bits per heavy atom. The summed E-state index contributed by atoms with van der Waals surface area (Å²) in [5, 5.41) is 23.5. The van der Waals surface area contributed by atoms with E-state index in [0.717, 1.165) is 51.4 Å². The lowest BCUT2D eigenvalue weighted by atomic mass is 10.0. The molecule has 0 aromatic carbocycles. The lowest BCUT2D eigenvalue weighted by molar-refractivity contribution is -0.143. The SMILES string of the molecule is CCCCCCCCC/C=C\CCCCCCCCCC(=O)OCCCCCCCCCCCCC/C=C\C/C=C\CCCCCCCCCCCCCCCCCCCC(=O)NC(CO)C(O)CCCCCCCCCCCCCCCCCCCCCCCCCC. The van der Waals surface area contributed by atoms with Crippen molar-refractivity contribution < 1.29 is 24.5 Å². The van der Waals surface area contributed by atoms with Crippen LogP contribution in [-0.4, -0.2) is 47.4 Å². The number of esters is 1. The number of rotatable bonds is 82. The van der Waals surface area contributed by atoms with E-state index in [2.05, 4.69) is 55.6 Å². The molecule has 0 aromatic heterocycles. The maximum atomic E-state index is 12.6. The van der Waals surface area contributed by atoms with E-state index in [1.54, 1.807) is 0 Å². The summed E-state index contributed by atoms with van der Waals surface area (Å²) in [5.74, 6) is -0.0118. The largest absolute Gasteiger partial charge is 0.466 e. The average Bonchev–Trinajstić information content (AvgIpc) is 3.68. The van der Waals surface area contributed by atoms with Gasteiger partial charge in [0.05, 0.1) is 25.4 Å². The fourth-order valence-corrected chi connectivity index (χ4v) is 13.8. The molecular weight excluding hydrogens is 1150 g/mol. The number of aliphatic hydroxyl groups excluding tert-OH is 2. The van der Waals surface area contributed by atoms with Gasteiger partial charge in [0.1, 0.15) is 0 Å². The van der Waals surface area contributed by atoms with E-state index in [1.165, 1.54) is 405 Å². The molecule has 0 aliphatic carbocycles. The molecule has 0 aliphatic rings. The van der Waals surface area contributed by atoms with Gasteiger partial charge in [-0.15, -0.1) is 0 Å². The first-order valence-corrected chi connectivity index (χ1v) is 43.2. The molecule has 0 radical (unpaired) electrons. The zero-order valence-electron chi connectivity index (χ0n) is 64.0. The first kappa shape index (κ1) is 92.1. The summed E-state index contributed by atoms with van der Waals surface area (Å²) in [6.45, 7) is 5.01. The fraction of sp³-hybridized carbons (Fsp3) is 0.909. The molecule has 556 valence electrons. The smallest absolute Gasteiger partial charge is 0.305 e. The number of nitrogens with one attached hydrogen (secondary N) is 1. The van der Waals surface area contributed by atoms with Crippen molar-refractivity contribution in [2.75, 3.05) is 13.2 Å². The Hall–Kier alpha value is -1.92. The van der Waals surface area contributed by atoms with Crippen LogP contribution in [0.2, 0.25) is 0 Å². The Kier molecular flexibility index (Phi) is 81.8. The third-order valence-corrected chi connectivity index (χ3v) is 20.4. The van der Waals surface area contributed by atoms with Crippen LogP contribution in [0.4, 0.5) is 0 Å². The molecule has 6 heteroatoms. The van der Waals surface area contributed by atoms with Gasteiger partial charge in [0, 0.05) is 12.8 Å². The van der Waals surface area contributed by atoms with Gasteiger partial charge in [0.2, 0.25) is 5.91 Å². The second-order valence-electron chi connectivity index (χ2n) is 29.9. The topological polar surface area (TPSA) is 95.9 Å². The van der Waals surface area contributed by atoms with Crippen molar-refractivity contribution in [3.05, 3.63) is 36.5 Å². The quantitative estimate of drug-likeness (QED) is 0.0320. The third kappa shape index (κ3) is 79.1. The van der Waals surface area contributed by atoms with Gasteiger partial charge in [-0.05, 0) is 83.5 Å². The van der Waals surface area contributed by atoms with Crippen molar-refractivity contribution in [3.63, 3.8) is 0 Å². The van der Waals surface area contributed by atoms with Crippen LogP contribution in [-0.2, 0) is 14.3 Å². The van der Waals surface area contributed by atoms with E-state index in [0.29, 0.717) is 25.9 Å². The number of aliphatic hydroxyl groups is 2. The summed E-state index contributed by atoms with van der Waals surface area (Å²) in [6.07, 6.45) is 110. The van der Waals surface area contributed by atoms with Crippen LogP contribution in [0.25, 0.3) is 0 Å². The number of hydrogen-bond donors (Lipinski definition) is 3. The number of amides is 1. The second-order valence-corrected chi connectivity index (χ2v) is 29.9. The number of ether oxygens (including phenoxy) is 1. The number of unbranched alkanes of at least 4 members (excludes halogenated alkanes) is 65. The van der Waals surface area contributed by atoms with E-state index in [-0.39, 0.29) is 18.5 Å². The number of hydrogen-bond acceptors (Lipinski definition) is 5. The predicted octanol–water partition coefficient (Wildman–Crippen LogP) is 28.9. The summed E-state index contributed by atoms with van der Waals surface area (Å²) in [5.41, 5.74) is 0. The van der Waals surface area contributed by atoms with Crippen LogP contribution in [0.5, 0.6) is 0 Å². The van der Waals surface area contributed by atoms with Crippen molar-refractivity contribution in [3.8, 4) is 0 Å². The third-order valence-electron chi connectivity index (χ3n) is 20.4. The van der Waals surface area contributed by atoms with E-state index < -0.39 is 12.1 Å². The van der Waals surface area contributed by atoms with Gasteiger partial charge in [-0.2, -0.15) is 0 Å². The highest BCUT2D eigenvalue weighted by atomic mass is 16.5. The van der Waals surface area contributed by atoms with E-state index >= 15 is 0 Å². The number of carbonyl (C=O) groups is 2. The molecule has 0 heterocycles. The maximum Gasteiger partial charge on any atom is 0.305 e. The Balaban J connectivity index is 3.37. The van der Waals surface area contributed by atoms with Crippen LogP contribution in [0.3, 0.4) is 0 Å². The summed E-state index contributed by atoms with van der Waals surface area (Å²) in [7, 11) is 0. The molecule has 0 saturated heterocycles. The molecule has 6 nitrogen and oxygen atoms in total. The highest BCUT2D eigenvalue weighted by molar-refractivity contribution is 5.76. The molecule has 0 saturated carbocycles. The molecule has 1 amide bonds. The molecule has 0 spiro atoms. The first-order chi connectivity index (χ1) is 46.5. The highest BCUT2D eigenvalue weighted by Crippen LogP contribution is 2.21. The van der Waals surface area contributed by atoms with E-state index in [4.69, 9.17) is 4.74 Å². The van der Waals surface area contributed by atoms with Gasteiger partial charge in [-0.25, -0.2) is 0 Å². The maximum absolute atomic E-state index is 12.6. The monoisotopic (exact) mass is 1320 g/mol. The molecule has 3 N–H and O–H groups in total. The van der Waals surface area contributed by atoms with Gasteiger partial charge in [0.15, 0.2) is 0 Å². The van der Waals surface area contributed by atoms with Crippen LogP contribution < -0.4 is 5.32 Å². The lowest BCUT2D eigenvalue weighted by Gasteiger charge is -2.22. The molecule has 94 heavy (non-hydrogen) atoms. The van der Waals surface area contributed by atoms with Gasteiger partial charge >= 0.3 is 5.97 Å². The van der Waals surface area contributed by atoms with Crippen LogP contribution >= 0.6 is 0 Å². The average molecular weight is 1320 g/mol. The normalized spacial score (nSPS) is 12.6. The molecule has 0 aliphatic heterocycles. The van der Waals surface area contributed by atoms with Gasteiger partial charge in [0.25, 0.3) is 0 Å². The second kappa shape index (κ2) is 83.5. The summed E-state index contributed by atoms with van der Waals surface area (Å²) >= 11 is 0. The first-order valence-electron chi connectivity index (χ1n) is 43.2. The molecule has 0 bridgehead atoms. The summed E-state index contributed by atoms with van der Waals surface area (Å²) < 4.78 is 5.51. The number of allylic oxidation sites excluding steroid dienone is 6. The molecule has 2 atom stereocenters. The Morgan fingerprint density at radius 2 is 0.532 bits per heavy atom. The van der Waals surface area contributed by atoms with Gasteiger partial charge in [-0.1, -0.05) is 429 Å². The van der Waals surface area contributed by atoms with E-state index in [1.807, 2.05) is 0 Å². The Labute approximate surface area is 589 Å². The summed E-state index contributed by atoms with van der Waals surface area (Å²) in [6, 6.07) is -0.542. The summed E-state index contributed by atoms with van der Waals surface area (Å²) in [4.78, 5) is 24.7. The lowest BCUT2D eigenvalue weighted by Crippen LogP contribution is -2.45. The Morgan fingerprint density at radius 1 is 0.298 bits per heavy atom. The van der Waals surface area contributed by atoms with Crippen molar-refractivity contribution in [2.45, 2.75) is 501 Å². The standard InChI is InChI=1S/C88H169NO5/c1-3-5-7-9-11-13-15-17-19-21-23-24-25-39-42-45-48-52-56-60-64-68-72-76-80-86(91)85(84-90)89-87(92)81-77-73-69-65-61-57-53-49-46-43-40-37-35-33-31-29-27-26-28-30-32-34-36-38-41-44-47-51-55-59-63-67-71-75-79-83-94-88(93)82-78-74-70-66-62-58-54-50-22-20-18-16-14-12-10-8-6-4-2/h20,22,28,30,34,36,85-86,90-91H,3-19,21,23-27,29,31-33,35,37-84H2,1-2H3,(H,89,92)/b22-20-,30-28-,36-34-. The van der Waals surface area contributed by atoms with E-state index in [9.17, 15) is 19.8 Å². The zero-order chi connectivity index (χ0) is 67.7.